The van der Waals surface area contributed by atoms with E-state index in [4.69, 9.17) is 21.6 Å². The van der Waals surface area contributed by atoms with E-state index in [1.807, 2.05) is 6.07 Å². The van der Waals surface area contributed by atoms with Gasteiger partial charge in [0.05, 0.1) is 17.6 Å². The summed E-state index contributed by atoms with van der Waals surface area (Å²) in [6, 6.07) is 7.01. The summed E-state index contributed by atoms with van der Waals surface area (Å²) in [7, 11) is 3.15. The Balaban J connectivity index is 3.00. The number of benzene rings is 1. The molecule has 0 atom stereocenters. The van der Waals surface area contributed by atoms with Crippen molar-refractivity contribution < 1.29 is 4.74 Å². The molecule has 0 bridgehead atoms. The van der Waals surface area contributed by atoms with Crippen molar-refractivity contribution in [3.05, 3.63) is 39.1 Å². The van der Waals surface area contributed by atoms with Crippen LogP contribution in [0, 0.1) is 11.3 Å². The molecule has 4 nitrogen and oxygen atoms in total. The molecular formula is C12H9ClN2O2. The number of nitrogens with zero attached hydrogens (tertiary/aromatic N) is 2. The summed E-state index contributed by atoms with van der Waals surface area (Å²) >= 11 is 6.06. The van der Waals surface area contributed by atoms with Gasteiger partial charge in [0, 0.05) is 12.4 Å². The SMILES string of the molecule is COc1ccc2c(c1)c(Cl)c(C#N)c(=O)n2C. The van der Waals surface area contributed by atoms with E-state index in [0.29, 0.717) is 16.7 Å². The molecule has 0 saturated carbocycles. The highest BCUT2D eigenvalue weighted by molar-refractivity contribution is 6.36. The number of aryl methyl sites for hydroxylation is 1. The number of methoxy groups -OCH3 is 1. The molecule has 0 radical (unpaired) electrons. The molecule has 2 rings (SSSR count). The lowest BCUT2D eigenvalue weighted by Gasteiger charge is -2.09. The number of nitriles is 1. The molecular weight excluding hydrogens is 240 g/mol. The molecule has 5 heteroatoms. The van der Waals surface area contributed by atoms with Crippen molar-refractivity contribution >= 4 is 22.5 Å². The first-order valence-corrected chi connectivity index (χ1v) is 5.24. The van der Waals surface area contributed by atoms with Gasteiger partial charge in [-0.25, -0.2) is 0 Å². The second-order valence-corrected chi connectivity index (χ2v) is 3.93. The van der Waals surface area contributed by atoms with Crippen LogP contribution in [0.4, 0.5) is 0 Å². The maximum Gasteiger partial charge on any atom is 0.270 e. The lowest BCUT2D eigenvalue weighted by atomic mass is 10.1. The molecule has 0 N–H and O–H groups in total. The summed E-state index contributed by atoms with van der Waals surface area (Å²) in [4.78, 5) is 11.8. The van der Waals surface area contributed by atoms with Gasteiger partial charge in [0.2, 0.25) is 0 Å². The summed E-state index contributed by atoms with van der Waals surface area (Å²) in [5.41, 5.74) is 0.227. The van der Waals surface area contributed by atoms with E-state index in [0.717, 1.165) is 0 Å². The number of pyridine rings is 1. The number of rotatable bonds is 1. The first-order valence-electron chi connectivity index (χ1n) is 4.86. The summed E-state index contributed by atoms with van der Waals surface area (Å²) in [6.45, 7) is 0. The quantitative estimate of drug-likeness (QED) is 0.776. The van der Waals surface area contributed by atoms with E-state index in [2.05, 4.69) is 0 Å². The van der Waals surface area contributed by atoms with Gasteiger partial charge in [-0.2, -0.15) is 5.26 Å². The Morgan fingerprint density at radius 2 is 2.18 bits per heavy atom. The van der Waals surface area contributed by atoms with Crippen LogP contribution in [-0.2, 0) is 7.05 Å². The van der Waals surface area contributed by atoms with Gasteiger partial charge in [-0.15, -0.1) is 0 Å². The molecule has 0 aliphatic heterocycles. The van der Waals surface area contributed by atoms with Crippen molar-refractivity contribution in [2.45, 2.75) is 0 Å². The highest BCUT2D eigenvalue weighted by atomic mass is 35.5. The van der Waals surface area contributed by atoms with Crippen LogP contribution in [0.15, 0.2) is 23.0 Å². The third-order valence-electron chi connectivity index (χ3n) is 2.65. The zero-order valence-electron chi connectivity index (χ0n) is 9.32. The Kier molecular flexibility index (Phi) is 2.78. The van der Waals surface area contributed by atoms with E-state index < -0.39 is 5.56 Å². The third kappa shape index (κ3) is 1.65. The number of ether oxygens (including phenoxy) is 1. The monoisotopic (exact) mass is 248 g/mol. The molecule has 2 aromatic rings. The molecule has 0 aliphatic rings. The fourth-order valence-corrected chi connectivity index (χ4v) is 1.99. The van der Waals surface area contributed by atoms with E-state index in [1.165, 1.54) is 4.57 Å². The van der Waals surface area contributed by atoms with Crippen LogP contribution in [0.5, 0.6) is 5.75 Å². The molecule has 0 spiro atoms. The maximum absolute atomic E-state index is 11.8. The molecule has 1 aromatic heterocycles. The predicted octanol–water partition coefficient (Wildman–Crippen LogP) is 2.07. The van der Waals surface area contributed by atoms with Gasteiger partial charge >= 0.3 is 0 Å². The molecule has 0 amide bonds. The molecule has 1 heterocycles. The molecule has 1 aromatic carbocycles. The van der Waals surface area contributed by atoms with Gasteiger partial charge in [-0.3, -0.25) is 4.79 Å². The molecule has 17 heavy (non-hydrogen) atoms. The smallest absolute Gasteiger partial charge is 0.270 e. The largest absolute Gasteiger partial charge is 0.497 e. The number of hydrogen-bond donors (Lipinski definition) is 0. The fourth-order valence-electron chi connectivity index (χ4n) is 1.71. The van der Waals surface area contributed by atoms with Crippen LogP contribution in [0.3, 0.4) is 0 Å². The Labute approximate surface area is 103 Å². The highest BCUT2D eigenvalue weighted by Gasteiger charge is 2.13. The summed E-state index contributed by atoms with van der Waals surface area (Å²) < 4.78 is 6.49. The number of fused-ring (bicyclic) bond motifs is 1. The lowest BCUT2D eigenvalue weighted by molar-refractivity contribution is 0.415. The van der Waals surface area contributed by atoms with Crippen LogP contribution < -0.4 is 10.3 Å². The van der Waals surface area contributed by atoms with Gasteiger partial charge in [-0.1, -0.05) is 11.6 Å². The van der Waals surface area contributed by atoms with E-state index in [9.17, 15) is 4.79 Å². The summed E-state index contributed by atoms with van der Waals surface area (Å²) in [6.07, 6.45) is 0. The van der Waals surface area contributed by atoms with Crippen LogP contribution >= 0.6 is 11.6 Å². The maximum atomic E-state index is 11.8. The number of halogens is 1. The molecule has 0 unspecified atom stereocenters. The summed E-state index contributed by atoms with van der Waals surface area (Å²) in [5.74, 6) is 0.627. The second-order valence-electron chi connectivity index (χ2n) is 3.55. The minimum atomic E-state index is -0.393. The minimum Gasteiger partial charge on any atom is -0.497 e. The topological polar surface area (TPSA) is 55.0 Å². The highest BCUT2D eigenvalue weighted by Crippen LogP contribution is 2.27. The fraction of sp³-hybridized carbons (Fsp3) is 0.167. The van der Waals surface area contributed by atoms with Gasteiger partial charge in [0.25, 0.3) is 5.56 Å². The Morgan fingerprint density at radius 1 is 1.47 bits per heavy atom. The van der Waals surface area contributed by atoms with Crippen molar-refractivity contribution in [1.82, 2.24) is 4.57 Å². The van der Waals surface area contributed by atoms with Crippen LogP contribution in [0.1, 0.15) is 5.56 Å². The van der Waals surface area contributed by atoms with Gasteiger partial charge in [0.1, 0.15) is 17.4 Å². The van der Waals surface area contributed by atoms with Crippen molar-refractivity contribution in [3.63, 3.8) is 0 Å². The van der Waals surface area contributed by atoms with Gasteiger partial charge < -0.3 is 9.30 Å². The lowest BCUT2D eigenvalue weighted by Crippen LogP contribution is -2.20. The standard InChI is InChI=1S/C12H9ClN2O2/c1-15-10-4-3-7(17-2)5-8(10)11(13)9(6-14)12(15)16/h3-5H,1-2H3. The average molecular weight is 249 g/mol. The third-order valence-corrected chi connectivity index (χ3v) is 3.04. The average Bonchev–Trinajstić information content (AvgIpc) is 2.36. The predicted molar refractivity (Wildman–Crippen MR) is 65.5 cm³/mol. The van der Waals surface area contributed by atoms with E-state index in [-0.39, 0.29) is 10.6 Å². The number of hydrogen-bond acceptors (Lipinski definition) is 3. The van der Waals surface area contributed by atoms with E-state index in [1.54, 1.807) is 32.4 Å². The normalized spacial score (nSPS) is 10.2. The first-order chi connectivity index (χ1) is 8.10. The zero-order chi connectivity index (χ0) is 12.6. The summed E-state index contributed by atoms with van der Waals surface area (Å²) in [5, 5.41) is 9.73. The Hall–Kier alpha value is -1.99. The minimum absolute atomic E-state index is 0.0464. The van der Waals surface area contributed by atoms with E-state index >= 15 is 0 Å². The van der Waals surface area contributed by atoms with Crippen LogP contribution in [0.2, 0.25) is 5.02 Å². The van der Waals surface area contributed by atoms with Crippen molar-refractivity contribution in [1.29, 1.82) is 5.26 Å². The Bertz CT molecular complexity index is 698. The Morgan fingerprint density at radius 3 is 2.76 bits per heavy atom. The molecule has 0 saturated heterocycles. The van der Waals surface area contributed by atoms with Crippen molar-refractivity contribution in [2.24, 2.45) is 7.05 Å². The number of aromatic nitrogens is 1. The van der Waals surface area contributed by atoms with Crippen LogP contribution in [0.25, 0.3) is 10.9 Å². The van der Waals surface area contributed by atoms with Crippen molar-refractivity contribution in [3.8, 4) is 11.8 Å². The van der Waals surface area contributed by atoms with Crippen molar-refractivity contribution in [2.75, 3.05) is 7.11 Å². The van der Waals surface area contributed by atoms with Crippen LogP contribution in [-0.4, -0.2) is 11.7 Å². The molecule has 0 aliphatic carbocycles. The van der Waals surface area contributed by atoms with Gasteiger partial charge in [-0.05, 0) is 18.2 Å². The second kappa shape index (κ2) is 4.11. The first kappa shape index (κ1) is 11.5. The zero-order valence-corrected chi connectivity index (χ0v) is 10.1. The molecule has 0 fully saturated rings. The molecule has 86 valence electrons. The van der Waals surface area contributed by atoms with Gasteiger partial charge in [0.15, 0.2) is 0 Å².